The van der Waals surface area contributed by atoms with Crippen molar-refractivity contribution < 1.29 is 9.53 Å². The molecule has 5 nitrogen and oxygen atoms in total. The molecular formula is C23H21N3O2S. The van der Waals surface area contributed by atoms with E-state index >= 15 is 0 Å². The highest BCUT2D eigenvalue weighted by Crippen LogP contribution is 2.33. The van der Waals surface area contributed by atoms with E-state index in [4.69, 9.17) is 4.74 Å². The average molecular weight is 404 g/mol. The second kappa shape index (κ2) is 8.01. The molecule has 0 aliphatic heterocycles. The fourth-order valence-corrected chi connectivity index (χ4v) is 3.80. The Hall–Kier alpha value is -3.25. The van der Waals surface area contributed by atoms with Crippen molar-refractivity contribution in [1.82, 2.24) is 15.3 Å². The molecule has 4 aromatic rings. The van der Waals surface area contributed by atoms with Gasteiger partial charge in [-0.3, -0.25) is 9.78 Å². The van der Waals surface area contributed by atoms with Gasteiger partial charge >= 0.3 is 0 Å². The number of hydrogen-bond acceptors (Lipinski definition) is 5. The third kappa shape index (κ3) is 4.27. The van der Waals surface area contributed by atoms with Crippen molar-refractivity contribution in [2.24, 2.45) is 0 Å². The number of fused-ring (bicyclic) bond motifs is 1. The standard InChI is InChI=1S/C23H21N3O2S/c1-14-4-5-15(2)17(10-14)12-25-23(27)20-11-21(22-19(26-20)8-9-29-22)28-18-7-6-16(3)24-13-18/h4-11,13H,12H2,1-3H3,(H,25,27). The molecule has 0 fully saturated rings. The van der Waals surface area contributed by atoms with Gasteiger partial charge in [0, 0.05) is 18.3 Å². The van der Waals surface area contributed by atoms with E-state index in [9.17, 15) is 4.79 Å². The Morgan fingerprint density at radius 2 is 1.97 bits per heavy atom. The van der Waals surface area contributed by atoms with Gasteiger partial charge in [0.15, 0.2) is 0 Å². The Labute approximate surface area is 173 Å². The molecule has 1 N–H and O–H groups in total. The summed E-state index contributed by atoms with van der Waals surface area (Å²) in [5.74, 6) is 0.997. The summed E-state index contributed by atoms with van der Waals surface area (Å²) in [7, 11) is 0. The van der Waals surface area contributed by atoms with E-state index in [-0.39, 0.29) is 5.91 Å². The predicted octanol–water partition coefficient (Wildman–Crippen LogP) is 5.34. The molecule has 0 saturated carbocycles. The lowest BCUT2D eigenvalue weighted by atomic mass is 10.1. The quantitative estimate of drug-likeness (QED) is 0.489. The number of benzene rings is 1. The van der Waals surface area contributed by atoms with Gasteiger partial charge < -0.3 is 10.1 Å². The molecule has 0 atom stereocenters. The van der Waals surface area contributed by atoms with Gasteiger partial charge in [0.1, 0.15) is 17.2 Å². The summed E-state index contributed by atoms with van der Waals surface area (Å²) in [4.78, 5) is 21.6. The van der Waals surface area contributed by atoms with Crippen molar-refractivity contribution in [2.75, 3.05) is 0 Å². The molecule has 0 spiro atoms. The zero-order valence-electron chi connectivity index (χ0n) is 16.5. The van der Waals surface area contributed by atoms with Crippen molar-refractivity contribution in [3.63, 3.8) is 0 Å². The average Bonchev–Trinajstić information content (AvgIpc) is 3.19. The molecule has 0 saturated heterocycles. The summed E-state index contributed by atoms with van der Waals surface area (Å²) in [5.41, 5.74) is 5.39. The van der Waals surface area contributed by atoms with E-state index in [1.807, 2.05) is 44.4 Å². The first-order chi connectivity index (χ1) is 14.0. The number of aryl methyl sites for hydroxylation is 3. The number of aromatic nitrogens is 2. The van der Waals surface area contributed by atoms with Crippen LogP contribution in [0.2, 0.25) is 0 Å². The number of nitrogens with zero attached hydrogens (tertiary/aromatic N) is 2. The van der Waals surface area contributed by atoms with Crippen LogP contribution < -0.4 is 10.1 Å². The van der Waals surface area contributed by atoms with Crippen molar-refractivity contribution >= 4 is 27.5 Å². The van der Waals surface area contributed by atoms with E-state index in [0.29, 0.717) is 23.7 Å². The minimum atomic E-state index is -0.231. The van der Waals surface area contributed by atoms with Crippen LogP contribution in [0, 0.1) is 20.8 Å². The molecular weight excluding hydrogens is 382 g/mol. The molecule has 0 aliphatic carbocycles. The first kappa shape index (κ1) is 19.1. The Bertz CT molecular complexity index is 1180. The summed E-state index contributed by atoms with van der Waals surface area (Å²) < 4.78 is 6.92. The second-order valence-electron chi connectivity index (χ2n) is 6.99. The number of nitrogens with one attached hydrogen (secondary N) is 1. The van der Waals surface area contributed by atoms with E-state index in [1.165, 1.54) is 16.9 Å². The van der Waals surface area contributed by atoms with Crippen LogP contribution in [0.15, 0.2) is 54.0 Å². The summed E-state index contributed by atoms with van der Waals surface area (Å²) in [6.45, 7) is 6.46. The SMILES string of the molecule is Cc1ccc(C)c(CNC(=O)c2cc(Oc3ccc(C)nc3)c3sccc3n2)c1. The zero-order valence-corrected chi connectivity index (χ0v) is 17.3. The van der Waals surface area contributed by atoms with Crippen LogP contribution in [0.4, 0.5) is 0 Å². The van der Waals surface area contributed by atoms with Gasteiger partial charge in [0.05, 0.1) is 16.4 Å². The maximum Gasteiger partial charge on any atom is 0.270 e. The monoisotopic (exact) mass is 403 g/mol. The van der Waals surface area contributed by atoms with Crippen LogP contribution in [0.25, 0.3) is 10.2 Å². The van der Waals surface area contributed by atoms with Crippen molar-refractivity contribution in [2.45, 2.75) is 27.3 Å². The summed E-state index contributed by atoms with van der Waals surface area (Å²) >= 11 is 1.53. The van der Waals surface area contributed by atoms with Crippen LogP contribution >= 0.6 is 11.3 Å². The largest absolute Gasteiger partial charge is 0.454 e. The highest BCUT2D eigenvalue weighted by Gasteiger charge is 2.15. The lowest BCUT2D eigenvalue weighted by Gasteiger charge is -2.11. The van der Waals surface area contributed by atoms with Crippen LogP contribution in [0.1, 0.15) is 32.9 Å². The topological polar surface area (TPSA) is 64.1 Å². The van der Waals surface area contributed by atoms with Gasteiger partial charge in [0.2, 0.25) is 0 Å². The normalized spacial score (nSPS) is 10.9. The molecule has 1 amide bonds. The molecule has 0 aliphatic rings. The molecule has 29 heavy (non-hydrogen) atoms. The summed E-state index contributed by atoms with van der Waals surface area (Å²) in [6.07, 6.45) is 1.68. The third-order valence-corrected chi connectivity index (χ3v) is 5.58. The number of rotatable bonds is 5. The lowest BCUT2D eigenvalue weighted by molar-refractivity contribution is 0.0946. The molecule has 0 unspecified atom stereocenters. The number of pyridine rings is 2. The van der Waals surface area contributed by atoms with Crippen LogP contribution in [-0.2, 0) is 6.54 Å². The highest BCUT2D eigenvalue weighted by atomic mass is 32.1. The summed E-state index contributed by atoms with van der Waals surface area (Å²) in [5, 5.41) is 4.91. The first-order valence-corrected chi connectivity index (χ1v) is 10.2. The van der Waals surface area contributed by atoms with Crippen molar-refractivity contribution in [3.05, 3.63) is 82.1 Å². The molecule has 3 aromatic heterocycles. The number of thiophene rings is 1. The van der Waals surface area contributed by atoms with E-state index in [0.717, 1.165) is 27.0 Å². The number of amides is 1. The van der Waals surface area contributed by atoms with Crippen LogP contribution in [-0.4, -0.2) is 15.9 Å². The van der Waals surface area contributed by atoms with Crippen LogP contribution in [0.3, 0.4) is 0 Å². The van der Waals surface area contributed by atoms with Crippen LogP contribution in [0.5, 0.6) is 11.5 Å². The number of carbonyl (C=O) groups is 1. The highest BCUT2D eigenvalue weighted by molar-refractivity contribution is 7.17. The zero-order chi connectivity index (χ0) is 20.4. The van der Waals surface area contributed by atoms with Crippen molar-refractivity contribution in [3.8, 4) is 11.5 Å². The van der Waals surface area contributed by atoms with Crippen molar-refractivity contribution in [1.29, 1.82) is 0 Å². The minimum Gasteiger partial charge on any atom is -0.454 e. The van der Waals surface area contributed by atoms with Gasteiger partial charge in [-0.1, -0.05) is 23.8 Å². The van der Waals surface area contributed by atoms with Gasteiger partial charge in [0.25, 0.3) is 5.91 Å². The lowest BCUT2D eigenvalue weighted by Crippen LogP contribution is -2.24. The molecule has 0 radical (unpaired) electrons. The Morgan fingerprint density at radius 1 is 1.10 bits per heavy atom. The fraction of sp³-hybridized carbons (Fsp3) is 0.174. The molecule has 6 heteroatoms. The number of hydrogen-bond donors (Lipinski definition) is 1. The molecule has 1 aromatic carbocycles. The molecule has 146 valence electrons. The van der Waals surface area contributed by atoms with E-state index in [1.54, 1.807) is 12.3 Å². The van der Waals surface area contributed by atoms with Gasteiger partial charge in [-0.15, -0.1) is 11.3 Å². The van der Waals surface area contributed by atoms with E-state index in [2.05, 4.69) is 33.5 Å². The molecule has 3 heterocycles. The predicted molar refractivity (Wildman–Crippen MR) is 116 cm³/mol. The van der Waals surface area contributed by atoms with Gasteiger partial charge in [-0.05, 0) is 55.5 Å². The Morgan fingerprint density at radius 3 is 2.76 bits per heavy atom. The van der Waals surface area contributed by atoms with E-state index < -0.39 is 0 Å². The summed E-state index contributed by atoms with van der Waals surface area (Å²) in [6, 6.07) is 13.6. The fourth-order valence-electron chi connectivity index (χ4n) is 3.02. The number of ether oxygens (including phenoxy) is 1. The maximum atomic E-state index is 12.8. The molecule has 0 bridgehead atoms. The smallest absolute Gasteiger partial charge is 0.270 e. The number of carbonyl (C=O) groups excluding carboxylic acids is 1. The first-order valence-electron chi connectivity index (χ1n) is 9.33. The van der Waals surface area contributed by atoms with Gasteiger partial charge in [-0.25, -0.2) is 4.98 Å². The second-order valence-corrected chi connectivity index (χ2v) is 7.91. The Balaban J connectivity index is 1.59. The Kier molecular flexibility index (Phi) is 5.27. The maximum absolute atomic E-state index is 12.8. The van der Waals surface area contributed by atoms with Gasteiger partial charge in [-0.2, -0.15) is 0 Å². The molecule has 4 rings (SSSR count). The third-order valence-electron chi connectivity index (χ3n) is 4.67. The minimum absolute atomic E-state index is 0.231.